The van der Waals surface area contributed by atoms with E-state index in [1.165, 1.54) is 0 Å². The van der Waals surface area contributed by atoms with Gasteiger partial charge in [-0.3, -0.25) is 0 Å². The summed E-state index contributed by atoms with van der Waals surface area (Å²) in [4.78, 5) is 4.24. The number of benzene rings is 1. The van der Waals surface area contributed by atoms with Crippen LogP contribution in [0.5, 0.6) is 11.6 Å². The predicted molar refractivity (Wildman–Crippen MR) is 83.4 cm³/mol. The van der Waals surface area contributed by atoms with E-state index in [4.69, 9.17) is 19.8 Å². The third kappa shape index (κ3) is 3.27. The molecule has 0 fully saturated rings. The summed E-state index contributed by atoms with van der Waals surface area (Å²) in [6.07, 6.45) is 0. The van der Waals surface area contributed by atoms with Crippen molar-refractivity contribution in [2.24, 2.45) is 0 Å². The Morgan fingerprint density at radius 3 is 3.04 bits per heavy atom. The largest absolute Gasteiger partial charge is 0.491 e. The molecule has 0 bridgehead atoms. The van der Waals surface area contributed by atoms with Gasteiger partial charge in [0.2, 0.25) is 5.88 Å². The van der Waals surface area contributed by atoms with Crippen LogP contribution >= 0.6 is 0 Å². The second-order valence-corrected chi connectivity index (χ2v) is 4.94. The predicted octanol–water partition coefficient (Wildman–Crippen LogP) is 0.367. The average Bonchev–Trinajstić information content (AvgIpc) is 2.94. The maximum absolute atomic E-state index is 9.62. The van der Waals surface area contributed by atoms with E-state index in [2.05, 4.69) is 10.3 Å². The Morgan fingerprint density at radius 1 is 1.39 bits per heavy atom. The molecule has 0 atom stereocenters. The normalized spacial score (nSPS) is 12.7. The molecule has 7 nitrogen and oxygen atoms in total. The van der Waals surface area contributed by atoms with Crippen LogP contribution in [0, 0.1) is 11.3 Å². The highest BCUT2D eigenvalue weighted by Crippen LogP contribution is 2.26. The fourth-order valence-corrected chi connectivity index (χ4v) is 2.27. The fourth-order valence-electron chi connectivity index (χ4n) is 2.27. The van der Waals surface area contributed by atoms with Crippen molar-refractivity contribution in [3.8, 4) is 17.7 Å². The van der Waals surface area contributed by atoms with E-state index in [9.17, 15) is 5.02 Å². The molecule has 0 saturated carbocycles. The SMILES string of the molecule is N#Cc1ccc(NCCO)nc1Oc1ccc2c(c1)COB2O. The lowest BCUT2D eigenvalue weighted by Gasteiger charge is -2.10. The van der Waals surface area contributed by atoms with Crippen molar-refractivity contribution in [1.29, 1.82) is 5.26 Å². The number of hydrogen-bond donors (Lipinski definition) is 3. The van der Waals surface area contributed by atoms with Crippen LogP contribution in [-0.4, -0.2) is 35.4 Å². The molecule has 3 N–H and O–H groups in total. The molecular formula is C15H14BN3O4. The molecular weight excluding hydrogens is 297 g/mol. The Balaban J connectivity index is 1.85. The Kier molecular flexibility index (Phi) is 4.44. The molecule has 2 aromatic rings. The van der Waals surface area contributed by atoms with E-state index >= 15 is 0 Å². The molecule has 0 radical (unpaired) electrons. The van der Waals surface area contributed by atoms with Gasteiger partial charge in [0.25, 0.3) is 0 Å². The lowest BCUT2D eigenvalue weighted by atomic mass is 9.80. The molecule has 0 saturated heterocycles. The lowest BCUT2D eigenvalue weighted by molar-refractivity contribution is 0.275. The molecule has 116 valence electrons. The average molecular weight is 311 g/mol. The Morgan fingerprint density at radius 2 is 2.26 bits per heavy atom. The zero-order chi connectivity index (χ0) is 16.2. The molecule has 8 heteroatoms. The minimum Gasteiger partial charge on any atom is -0.438 e. The van der Waals surface area contributed by atoms with Crippen molar-refractivity contribution in [2.75, 3.05) is 18.5 Å². The number of pyridine rings is 1. The van der Waals surface area contributed by atoms with E-state index in [0.717, 1.165) is 5.56 Å². The Bertz CT molecular complexity index is 763. The molecule has 0 amide bonds. The third-order valence-corrected chi connectivity index (χ3v) is 3.39. The number of nitrogens with one attached hydrogen (secondary N) is 1. The van der Waals surface area contributed by atoms with E-state index < -0.39 is 7.12 Å². The van der Waals surface area contributed by atoms with Gasteiger partial charge in [-0.1, -0.05) is 6.07 Å². The van der Waals surface area contributed by atoms with Crippen molar-refractivity contribution in [1.82, 2.24) is 4.98 Å². The van der Waals surface area contributed by atoms with Crippen LogP contribution in [-0.2, 0) is 11.3 Å². The molecule has 1 aromatic heterocycles. The quantitative estimate of drug-likeness (QED) is 0.685. The van der Waals surface area contributed by atoms with E-state index in [-0.39, 0.29) is 12.5 Å². The van der Waals surface area contributed by atoms with Gasteiger partial charge in [-0.05, 0) is 35.3 Å². The zero-order valence-corrected chi connectivity index (χ0v) is 12.2. The summed E-state index contributed by atoms with van der Waals surface area (Å²) in [5, 5.41) is 30.5. The van der Waals surface area contributed by atoms with Crippen LogP contribution in [0.25, 0.3) is 0 Å². The monoisotopic (exact) mass is 311 g/mol. The van der Waals surface area contributed by atoms with Gasteiger partial charge < -0.3 is 24.8 Å². The van der Waals surface area contributed by atoms with Crippen molar-refractivity contribution < 1.29 is 19.5 Å². The number of fused-ring (bicyclic) bond motifs is 1. The first-order valence-corrected chi connectivity index (χ1v) is 7.07. The van der Waals surface area contributed by atoms with Crippen molar-refractivity contribution in [3.05, 3.63) is 41.5 Å². The van der Waals surface area contributed by atoms with Crippen LogP contribution in [0.2, 0.25) is 0 Å². The van der Waals surface area contributed by atoms with E-state index in [0.29, 0.717) is 35.7 Å². The summed E-state index contributed by atoms with van der Waals surface area (Å²) in [6.45, 7) is 0.641. The lowest BCUT2D eigenvalue weighted by Crippen LogP contribution is -2.27. The van der Waals surface area contributed by atoms with Gasteiger partial charge in [0.1, 0.15) is 23.2 Å². The van der Waals surface area contributed by atoms with Gasteiger partial charge in [-0.2, -0.15) is 10.2 Å². The summed E-state index contributed by atoms with van der Waals surface area (Å²) in [5.41, 5.74) is 1.85. The number of aliphatic hydroxyl groups excluding tert-OH is 1. The number of aromatic nitrogens is 1. The number of rotatable bonds is 5. The van der Waals surface area contributed by atoms with Crippen LogP contribution in [0.15, 0.2) is 30.3 Å². The summed E-state index contributed by atoms with van der Waals surface area (Å²) >= 11 is 0. The Labute approximate surface area is 133 Å². The van der Waals surface area contributed by atoms with Crippen molar-refractivity contribution >= 4 is 18.4 Å². The molecule has 23 heavy (non-hydrogen) atoms. The summed E-state index contributed by atoms with van der Waals surface area (Å²) in [7, 11) is -0.905. The highest BCUT2D eigenvalue weighted by Gasteiger charge is 2.27. The maximum Gasteiger partial charge on any atom is 0.491 e. The third-order valence-electron chi connectivity index (χ3n) is 3.39. The van der Waals surface area contributed by atoms with Gasteiger partial charge in [-0.15, -0.1) is 0 Å². The second-order valence-electron chi connectivity index (χ2n) is 4.94. The summed E-state index contributed by atoms with van der Waals surface area (Å²) < 4.78 is 10.8. The second kappa shape index (κ2) is 6.66. The van der Waals surface area contributed by atoms with E-state index in [1.807, 2.05) is 6.07 Å². The molecule has 2 heterocycles. The minimum absolute atomic E-state index is 0.0228. The van der Waals surface area contributed by atoms with Crippen molar-refractivity contribution in [2.45, 2.75) is 6.61 Å². The molecule has 1 aliphatic rings. The molecule has 1 aliphatic heterocycles. The Hall–Kier alpha value is -2.60. The number of ether oxygens (including phenoxy) is 1. The van der Waals surface area contributed by atoms with Gasteiger partial charge in [0.05, 0.1) is 13.2 Å². The first-order chi connectivity index (χ1) is 11.2. The van der Waals surface area contributed by atoms with Crippen LogP contribution in [0.1, 0.15) is 11.1 Å². The molecule has 0 spiro atoms. The first-order valence-electron chi connectivity index (χ1n) is 7.07. The fraction of sp³-hybridized carbons (Fsp3) is 0.200. The number of nitriles is 1. The molecule has 0 aliphatic carbocycles. The number of hydrogen-bond acceptors (Lipinski definition) is 7. The molecule has 1 aromatic carbocycles. The zero-order valence-electron chi connectivity index (χ0n) is 12.2. The van der Waals surface area contributed by atoms with E-state index in [1.54, 1.807) is 30.3 Å². The highest BCUT2D eigenvalue weighted by molar-refractivity contribution is 6.61. The topological polar surface area (TPSA) is 108 Å². The number of nitrogens with zero attached hydrogens (tertiary/aromatic N) is 2. The standard InChI is InChI=1S/C15H14BN3O4/c17-8-10-1-4-14(18-5-6-20)19-15(10)23-12-2-3-13-11(7-12)9-22-16(13)21/h1-4,7,20-21H,5-6,9H2,(H,18,19). The molecule has 0 unspecified atom stereocenters. The molecule has 3 rings (SSSR count). The van der Waals surface area contributed by atoms with Gasteiger partial charge in [0.15, 0.2) is 0 Å². The van der Waals surface area contributed by atoms with Crippen LogP contribution in [0.4, 0.5) is 5.82 Å². The van der Waals surface area contributed by atoms with Crippen LogP contribution in [0.3, 0.4) is 0 Å². The maximum atomic E-state index is 9.62. The van der Waals surface area contributed by atoms with Crippen LogP contribution < -0.4 is 15.5 Å². The number of aliphatic hydroxyl groups is 1. The number of anilines is 1. The summed E-state index contributed by atoms with van der Waals surface area (Å²) in [5.74, 6) is 1.19. The van der Waals surface area contributed by atoms with Gasteiger partial charge >= 0.3 is 7.12 Å². The highest BCUT2D eigenvalue weighted by atomic mass is 16.5. The summed E-state index contributed by atoms with van der Waals surface area (Å²) in [6, 6.07) is 10.4. The van der Waals surface area contributed by atoms with Gasteiger partial charge in [-0.25, -0.2) is 0 Å². The smallest absolute Gasteiger partial charge is 0.438 e. The van der Waals surface area contributed by atoms with Gasteiger partial charge in [0, 0.05) is 6.54 Å². The first kappa shape index (κ1) is 15.3. The van der Waals surface area contributed by atoms with Crippen molar-refractivity contribution in [3.63, 3.8) is 0 Å². The minimum atomic E-state index is -0.905.